The zero-order valence-corrected chi connectivity index (χ0v) is 28.0. The highest BCUT2D eigenvalue weighted by molar-refractivity contribution is 5.73. The van der Waals surface area contributed by atoms with Crippen LogP contribution < -0.4 is 10.6 Å². The number of benzene rings is 5. The fraction of sp³-hybridized carbons (Fsp3) is 0.262. The van der Waals surface area contributed by atoms with Gasteiger partial charge in [0, 0.05) is 44.2 Å². The number of carbonyl (C=O) groups is 1. The summed E-state index contributed by atoms with van der Waals surface area (Å²) in [6.07, 6.45) is -0.903. The van der Waals surface area contributed by atoms with Crippen LogP contribution in [0.1, 0.15) is 58.3 Å². The minimum atomic E-state index is -0.574. The van der Waals surface area contributed by atoms with Crippen molar-refractivity contribution in [1.82, 2.24) is 15.5 Å². The molecule has 0 spiro atoms. The molecule has 1 heterocycles. The van der Waals surface area contributed by atoms with Gasteiger partial charge in [0.1, 0.15) is 0 Å². The molecule has 6 rings (SSSR count). The van der Waals surface area contributed by atoms with Crippen LogP contribution in [0.4, 0.5) is 4.79 Å². The Bertz CT molecular complexity index is 1680. The van der Waals surface area contributed by atoms with Crippen molar-refractivity contribution in [3.05, 3.63) is 178 Å². The fourth-order valence-corrected chi connectivity index (χ4v) is 6.27. The maximum Gasteiger partial charge on any atom is 0.315 e. The third kappa shape index (κ3) is 9.65. The molecule has 7 nitrogen and oxygen atoms in total. The quantitative estimate of drug-likeness (QED) is 0.121. The number of ether oxygens (including phenoxy) is 2. The number of rotatable bonds is 13. The van der Waals surface area contributed by atoms with Gasteiger partial charge in [0.2, 0.25) is 0 Å². The second-order valence-corrected chi connectivity index (χ2v) is 12.7. The zero-order chi connectivity index (χ0) is 33.8. The first-order chi connectivity index (χ1) is 24.0. The van der Waals surface area contributed by atoms with Crippen molar-refractivity contribution in [3.63, 3.8) is 0 Å². The summed E-state index contributed by atoms with van der Waals surface area (Å²) in [5.41, 5.74) is 7.38. The summed E-state index contributed by atoms with van der Waals surface area (Å²) in [4.78, 5) is 14.9. The maximum absolute atomic E-state index is 12.4. The van der Waals surface area contributed by atoms with E-state index in [1.54, 1.807) is 0 Å². The van der Waals surface area contributed by atoms with Crippen molar-refractivity contribution in [3.8, 4) is 0 Å². The molecule has 3 N–H and O–H groups in total. The molecule has 252 valence electrons. The molecular weight excluding hydrogens is 610 g/mol. The van der Waals surface area contributed by atoms with Gasteiger partial charge in [-0.1, -0.05) is 146 Å². The fourth-order valence-electron chi connectivity index (χ4n) is 6.27. The van der Waals surface area contributed by atoms with E-state index in [4.69, 9.17) is 9.47 Å². The Morgan fingerprint density at radius 1 is 0.612 bits per heavy atom. The highest BCUT2D eigenvalue weighted by Crippen LogP contribution is 2.42. The first kappa shape index (κ1) is 34.1. The molecule has 0 radical (unpaired) electrons. The first-order valence-electron chi connectivity index (χ1n) is 17.0. The summed E-state index contributed by atoms with van der Waals surface area (Å²) in [5, 5.41) is 15.5. The normalized spacial score (nSPS) is 19.0. The molecule has 49 heavy (non-hydrogen) atoms. The van der Waals surface area contributed by atoms with Gasteiger partial charge in [-0.15, -0.1) is 0 Å². The smallest absolute Gasteiger partial charge is 0.315 e. The molecular formula is C42H45N3O4. The molecule has 5 aromatic carbocycles. The Morgan fingerprint density at radius 2 is 1.08 bits per heavy atom. The summed E-state index contributed by atoms with van der Waals surface area (Å²) in [7, 11) is 0. The van der Waals surface area contributed by atoms with Crippen LogP contribution in [0.3, 0.4) is 0 Å². The number of urea groups is 1. The summed E-state index contributed by atoms with van der Waals surface area (Å²) >= 11 is 0. The summed E-state index contributed by atoms with van der Waals surface area (Å²) in [6, 6.07) is 46.8. The molecule has 1 aliphatic rings. The molecule has 4 atom stereocenters. The highest BCUT2D eigenvalue weighted by Gasteiger charge is 2.39. The standard InChI is InChI=1S/C42H45N3O4/c1-31-39(29-45(27-34-13-7-3-8-14-34)28-35-15-9-4-10-16-35)48-41(49-40(31)37-21-19-36(30-46)20-22-37)38-23-17-33(18-24-38)26-44-42(47)43-25-32-11-5-2-6-12-32/h2-24,31,39-41,46H,25-30H2,1H3,(H2,43,44,47)/t31-,39+,40+,41+/m0/s1. The summed E-state index contributed by atoms with van der Waals surface area (Å²) in [6.45, 7) is 5.39. The Morgan fingerprint density at radius 3 is 1.61 bits per heavy atom. The number of aliphatic hydroxyl groups is 1. The minimum Gasteiger partial charge on any atom is -0.392 e. The Kier molecular flexibility index (Phi) is 11.9. The van der Waals surface area contributed by atoms with E-state index in [1.807, 2.05) is 78.9 Å². The predicted molar refractivity (Wildman–Crippen MR) is 192 cm³/mol. The van der Waals surface area contributed by atoms with Gasteiger partial charge >= 0.3 is 6.03 Å². The van der Waals surface area contributed by atoms with E-state index in [0.717, 1.165) is 47.5 Å². The van der Waals surface area contributed by atoms with Crippen molar-refractivity contribution >= 4 is 6.03 Å². The number of hydrogen-bond acceptors (Lipinski definition) is 5. The molecule has 0 bridgehead atoms. The van der Waals surface area contributed by atoms with Crippen molar-refractivity contribution < 1.29 is 19.4 Å². The lowest BCUT2D eigenvalue weighted by Crippen LogP contribution is -2.44. The molecule has 1 aliphatic heterocycles. The van der Waals surface area contributed by atoms with E-state index in [1.165, 1.54) is 11.1 Å². The Hall–Kier alpha value is -4.79. The SMILES string of the molecule is C[C@H]1[C@@H](CN(Cc2ccccc2)Cc2ccccc2)O[C@@H](c2ccc(CNC(=O)NCc3ccccc3)cc2)O[C@H]1c1ccc(CO)cc1. The third-order valence-corrected chi connectivity index (χ3v) is 9.06. The van der Waals surface area contributed by atoms with Gasteiger partial charge in [0.25, 0.3) is 0 Å². The van der Waals surface area contributed by atoms with Gasteiger partial charge < -0.3 is 25.2 Å². The van der Waals surface area contributed by atoms with E-state index >= 15 is 0 Å². The van der Waals surface area contributed by atoms with Crippen molar-refractivity contribution in [1.29, 1.82) is 0 Å². The van der Waals surface area contributed by atoms with Gasteiger partial charge in [0.05, 0.1) is 18.8 Å². The van der Waals surface area contributed by atoms with Crippen molar-refractivity contribution in [2.45, 2.75) is 58.2 Å². The van der Waals surface area contributed by atoms with Crippen LogP contribution in [0.25, 0.3) is 0 Å². The molecule has 2 amide bonds. The number of amides is 2. The molecule has 0 saturated carbocycles. The molecule has 7 heteroatoms. The van der Waals surface area contributed by atoms with Crippen LogP contribution in [0.15, 0.2) is 140 Å². The van der Waals surface area contributed by atoms with Gasteiger partial charge in [-0.3, -0.25) is 4.90 Å². The van der Waals surface area contributed by atoms with Gasteiger partial charge in [-0.2, -0.15) is 0 Å². The lowest BCUT2D eigenvalue weighted by Gasteiger charge is -2.43. The highest BCUT2D eigenvalue weighted by atomic mass is 16.7. The lowest BCUT2D eigenvalue weighted by atomic mass is 9.89. The van der Waals surface area contributed by atoms with Crippen LogP contribution in [-0.2, 0) is 42.3 Å². The molecule has 5 aromatic rings. The van der Waals surface area contributed by atoms with Crippen molar-refractivity contribution in [2.24, 2.45) is 5.92 Å². The predicted octanol–water partition coefficient (Wildman–Crippen LogP) is 7.67. The molecule has 0 aromatic heterocycles. The van der Waals surface area contributed by atoms with Crippen LogP contribution >= 0.6 is 0 Å². The van der Waals surface area contributed by atoms with E-state index in [0.29, 0.717) is 13.1 Å². The van der Waals surface area contributed by atoms with Gasteiger partial charge in [-0.25, -0.2) is 4.79 Å². The Balaban J connectivity index is 1.18. The second-order valence-electron chi connectivity index (χ2n) is 12.7. The monoisotopic (exact) mass is 655 g/mol. The van der Waals surface area contributed by atoms with Crippen LogP contribution in [0, 0.1) is 5.92 Å². The number of nitrogens with one attached hydrogen (secondary N) is 2. The molecule has 0 aliphatic carbocycles. The largest absolute Gasteiger partial charge is 0.392 e. The van der Waals surface area contributed by atoms with E-state index < -0.39 is 6.29 Å². The van der Waals surface area contributed by atoms with Gasteiger partial charge in [-0.05, 0) is 33.4 Å². The summed E-state index contributed by atoms with van der Waals surface area (Å²) < 4.78 is 13.5. The average Bonchev–Trinajstić information content (AvgIpc) is 3.15. The lowest BCUT2D eigenvalue weighted by molar-refractivity contribution is -0.276. The van der Waals surface area contributed by atoms with E-state index in [9.17, 15) is 9.90 Å². The average molecular weight is 656 g/mol. The van der Waals surface area contributed by atoms with Gasteiger partial charge in [0.15, 0.2) is 6.29 Å². The molecule has 1 saturated heterocycles. The van der Waals surface area contributed by atoms with E-state index in [2.05, 4.69) is 83.1 Å². The number of nitrogens with zero attached hydrogens (tertiary/aromatic N) is 1. The number of hydrogen-bond donors (Lipinski definition) is 3. The maximum atomic E-state index is 12.4. The number of carbonyl (C=O) groups excluding carboxylic acids is 1. The van der Waals surface area contributed by atoms with Crippen LogP contribution in [-0.4, -0.2) is 28.7 Å². The van der Waals surface area contributed by atoms with Crippen LogP contribution in [0.5, 0.6) is 0 Å². The minimum absolute atomic E-state index is 0.000454. The van der Waals surface area contributed by atoms with E-state index in [-0.39, 0.29) is 30.8 Å². The topological polar surface area (TPSA) is 83.1 Å². The first-order valence-corrected chi connectivity index (χ1v) is 17.0. The van der Waals surface area contributed by atoms with Crippen LogP contribution in [0.2, 0.25) is 0 Å². The number of aliphatic hydroxyl groups excluding tert-OH is 1. The molecule has 0 unspecified atom stereocenters. The zero-order valence-electron chi connectivity index (χ0n) is 28.0. The summed E-state index contributed by atoms with van der Waals surface area (Å²) in [5.74, 6) is 0.0585. The third-order valence-electron chi connectivity index (χ3n) is 9.06. The molecule has 1 fully saturated rings. The van der Waals surface area contributed by atoms with Crippen molar-refractivity contribution in [2.75, 3.05) is 6.54 Å². The Labute approximate surface area is 289 Å². The second kappa shape index (κ2) is 17.0.